The van der Waals surface area contributed by atoms with Gasteiger partial charge in [-0.2, -0.15) is 0 Å². The van der Waals surface area contributed by atoms with Gasteiger partial charge in [-0.15, -0.1) is 0 Å². The van der Waals surface area contributed by atoms with Gasteiger partial charge in [-0.05, 0) is 42.7 Å². The summed E-state index contributed by atoms with van der Waals surface area (Å²) in [7, 11) is 1.56. The van der Waals surface area contributed by atoms with Crippen LogP contribution in [0.4, 0.5) is 5.69 Å². The SMILES string of the molecule is COc1ccc(NC(=O)C2N(CCO)C(=O)[C@@H]3[C@H](C(=O)NCc4ccccc4)[C@@H]4CCC23O4)cc1. The van der Waals surface area contributed by atoms with E-state index in [2.05, 4.69) is 10.6 Å². The lowest BCUT2D eigenvalue weighted by Crippen LogP contribution is -2.53. The van der Waals surface area contributed by atoms with E-state index >= 15 is 0 Å². The van der Waals surface area contributed by atoms with Crippen LogP contribution in [0.15, 0.2) is 54.6 Å². The Labute approximate surface area is 203 Å². The van der Waals surface area contributed by atoms with Crippen LogP contribution in [0.2, 0.25) is 0 Å². The van der Waals surface area contributed by atoms with Crippen LogP contribution in [-0.2, 0) is 25.7 Å². The normalized spacial score (nSPS) is 28.6. The highest BCUT2D eigenvalue weighted by molar-refractivity contribution is 6.03. The van der Waals surface area contributed by atoms with E-state index in [0.29, 0.717) is 30.8 Å². The Morgan fingerprint density at radius 1 is 1.14 bits per heavy atom. The number of aliphatic hydroxyl groups excluding tert-OH is 1. The maximum Gasteiger partial charge on any atom is 0.250 e. The summed E-state index contributed by atoms with van der Waals surface area (Å²) in [5.41, 5.74) is 0.412. The molecule has 2 bridgehead atoms. The molecule has 5 atom stereocenters. The van der Waals surface area contributed by atoms with Crippen molar-refractivity contribution in [2.24, 2.45) is 11.8 Å². The summed E-state index contributed by atoms with van der Waals surface area (Å²) >= 11 is 0. The number of amides is 3. The van der Waals surface area contributed by atoms with Gasteiger partial charge in [-0.25, -0.2) is 0 Å². The second-order valence-corrected chi connectivity index (χ2v) is 9.23. The molecule has 184 valence electrons. The Balaban J connectivity index is 1.39. The van der Waals surface area contributed by atoms with Crippen LogP contribution in [-0.4, -0.2) is 65.7 Å². The number of anilines is 1. The Hall–Kier alpha value is -3.43. The molecule has 2 aromatic rings. The lowest BCUT2D eigenvalue weighted by molar-refractivity contribution is -0.141. The van der Waals surface area contributed by atoms with Crippen LogP contribution in [0.5, 0.6) is 5.75 Å². The van der Waals surface area contributed by atoms with Crippen molar-refractivity contribution in [1.82, 2.24) is 10.2 Å². The molecule has 2 unspecified atom stereocenters. The molecule has 1 spiro atoms. The van der Waals surface area contributed by atoms with Gasteiger partial charge in [-0.3, -0.25) is 14.4 Å². The van der Waals surface area contributed by atoms with Gasteiger partial charge in [0.2, 0.25) is 17.7 Å². The zero-order chi connectivity index (χ0) is 24.6. The number of hydrogen-bond acceptors (Lipinski definition) is 6. The molecule has 2 aromatic carbocycles. The van der Waals surface area contributed by atoms with Crippen molar-refractivity contribution in [1.29, 1.82) is 0 Å². The number of nitrogens with one attached hydrogen (secondary N) is 2. The Kier molecular flexibility index (Phi) is 6.21. The molecule has 3 saturated heterocycles. The van der Waals surface area contributed by atoms with Crippen molar-refractivity contribution >= 4 is 23.4 Å². The molecule has 3 N–H and O–H groups in total. The number of carbonyl (C=O) groups is 3. The molecule has 0 aromatic heterocycles. The lowest BCUT2D eigenvalue weighted by atomic mass is 9.70. The average Bonchev–Trinajstić information content (AvgIpc) is 3.51. The monoisotopic (exact) mass is 479 g/mol. The number of carbonyl (C=O) groups excluding carboxylic acids is 3. The minimum atomic E-state index is -1.10. The number of nitrogens with zero attached hydrogens (tertiary/aromatic N) is 1. The number of likely N-dealkylation sites (tertiary alicyclic amines) is 1. The van der Waals surface area contributed by atoms with Crippen LogP contribution in [0, 0.1) is 11.8 Å². The molecule has 3 amide bonds. The maximum absolute atomic E-state index is 13.6. The first-order valence-corrected chi connectivity index (χ1v) is 11.8. The first-order valence-electron chi connectivity index (χ1n) is 11.8. The van der Waals surface area contributed by atoms with Crippen LogP contribution < -0.4 is 15.4 Å². The minimum absolute atomic E-state index is 0.00976. The topological polar surface area (TPSA) is 117 Å². The molecule has 5 rings (SSSR count). The number of fused-ring (bicyclic) bond motifs is 1. The predicted molar refractivity (Wildman–Crippen MR) is 126 cm³/mol. The zero-order valence-electron chi connectivity index (χ0n) is 19.5. The lowest BCUT2D eigenvalue weighted by Gasteiger charge is -2.33. The smallest absolute Gasteiger partial charge is 0.250 e. The maximum atomic E-state index is 13.6. The van der Waals surface area contributed by atoms with Crippen molar-refractivity contribution in [2.75, 3.05) is 25.6 Å². The van der Waals surface area contributed by atoms with Gasteiger partial charge in [-0.1, -0.05) is 30.3 Å². The van der Waals surface area contributed by atoms with Crippen molar-refractivity contribution in [3.05, 3.63) is 60.2 Å². The third-order valence-electron chi connectivity index (χ3n) is 7.36. The molecule has 3 aliphatic rings. The van der Waals surface area contributed by atoms with E-state index in [1.54, 1.807) is 31.4 Å². The fourth-order valence-corrected chi connectivity index (χ4v) is 5.89. The van der Waals surface area contributed by atoms with E-state index in [1.807, 2.05) is 30.3 Å². The Morgan fingerprint density at radius 3 is 2.57 bits per heavy atom. The number of rotatable bonds is 8. The first-order chi connectivity index (χ1) is 17.0. The summed E-state index contributed by atoms with van der Waals surface area (Å²) < 4.78 is 11.5. The van der Waals surface area contributed by atoms with E-state index in [1.165, 1.54) is 4.90 Å². The van der Waals surface area contributed by atoms with Crippen molar-refractivity contribution < 1.29 is 29.0 Å². The second-order valence-electron chi connectivity index (χ2n) is 9.23. The van der Waals surface area contributed by atoms with Gasteiger partial charge in [0, 0.05) is 18.8 Å². The van der Waals surface area contributed by atoms with E-state index < -0.39 is 35.5 Å². The molecule has 0 saturated carbocycles. The third-order valence-corrected chi connectivity index (χ3v) is 7.36. The highest BCUT2D eigenvalue weighted by Crippen LogP contribution is 2.58. The number of benzene rings is 2. The Morgan fingerprint density at radius 2 is 1.89 bits per heavy atom. The fourth-order valence-electron chi connectivity index (χ4n) is 5.89. The second kappa shape index (κ2) is 9.31. The number of ether oxygens (including phenoxy) is 2. The number of methoxy groups -OCH3 is 1. The molecule has 0 aliphatic carbocycles. The highest BCUT2D eigenvalue weighted by atomic mass is 16.5. The van der Waals surface area contributed by atoms with Crippen molar-refractivity contribution in [3.8, 4) is 5.75 Å². The van der Waals surface area contributed by atoms with Gasteiger partial charge in [0.25, 0.3) is 0 Å². The van der Waals surface area contributed by atoms with Crippen molar-refractivity contribution in [3.63, 3.8) is 0 Å². The summed E-state index contributed by atoms with van der Waals surface area (Å²) in [6.45, 7) is 0.0395. The third kappa shape index (κ3) is 3.94. The van der Waals surface area contributed by atoms with Crippen LogP contribution in [0.1, 0.15) is 18.4 Å². The van der Waals surface area contributed by atoms with Gasteiger partial charge >= 0.3 is 0 Å². The molecule has 3 fully saturated rings. The van der Waals surface area contributed by atoms with Crippen molar-refractivity contribution in [2.45, 2.75) is 37.1 Å². The molecule has 9 nitrogen and oxygen atoms in total. The average molecular weight is 480 g/mol. The molecule has 9 heteroatoms. The quantitative estimate of drug-likeness (QED) is 0.526. The van der Waals surface area contributed by atoms with E-state index in [-0.39, 0.29) is 25.0 Å². The summed E-state index contributed by atoms with van der Waals surface area (Å²) in [5.74, 6) is -1.77. The summed E-state index contributed by atoms with van der Waals surface area (Å²) in [6, 6.07) is 15.5. The molecular formula is C26H29N3O6. The number of β-amino-alcohol motifs (C(OH)–C–C–N with tert-alkyl or cyclic N) is 1. The van der Waals surface area contributed by atoms with Gasteiger partial charge in [0.1, 0.15) is 17.4 Å². The molecule has 35 heavy (non-hydrogen) atoms. The number of aliphatic hydroxyl groups is 1. The molecule has 3 aliphatic heterocycles. The summed E-state index contributed by atoms with van der Waals surface area (Å²) in [5, 5.41) is 15.5. The largest absolute Gasteiger partial charge is 0.497 e. The zero-order valence-corrected chi connectivity index (χ0v) is 19.5. The summed E-state index contributed by atoms with van der Waals surface area (Å²) in [4.78, 5) is 41.7. The predicted octanol–water partition coefficient (Wildman–Crippen LogP) is 1.32. The molecular weight excluding hydrogens is 450 g/mol. The van der Waals surface area contributed by atoms with Gasteiger partial charge in [0.05, 0.1) is 31.7 Å². The number of hydrogen-bond donors (Lipinski definition) is 3. The Bertz CT molecular complexity index is 1110. The minimum Gasteiger partial charge on any atom is -0.497 e. The van der Waals surface area contributed by atoms with Crippen LogP contribution in [0.25, 0.3) is 0 Å². The van der Waals surface area contributed by atoms with Crippen LogP contribution in [0.3, 0.4) is 0 Å². The summed E-state index contributed by atoms with van der Waals surface area (Å²) in [6.07, 6.45) is 0.665. The highest BCUT2D eigenvalue weighted by Gasteiger charge is 2.74. The molecule has 3 heterocycles. The van der Waals surface area contributed by atoms with Gasteiger partial charge in [0.15, 0.2) is 0 Å². The first kappa shape index (κ1) is 23.3. The van der Waals surface area contributed by atoms with Gasteiger partial charge < -0.3 is 30.1 Å². The molecule has 0 radical (unpaired) electrons. The fraction of sp³-hybridized carbons (Fsp3) is 0.423. The van der Waals surface area contributed by atoms with Crippen LogP contribution >= 0.6 is 0 Å². The standard InChI is InChI=1S/C26H29N3O6/c1-34-18-9-7-17(8-10-18)28-24(32)22-26-12-11-19(35-26)20(21(26)25(33)29(22)13-14-30)23(31)27-15-16-5-3-2-4-6-16/h2-10,19-22,30H,11-15H2,1H3,(H,27,31)(H,28,32)/t19-,20+,21-,22?,26?/m0/s1. The van der Waals surface area contributed by atoms with E-state index in [0.717, 1.165) is 5.56 Å². The van der Waals surface area contributed by atoms with E-state index in [9.17, 15) is 19.5 Å². The van der Waals surface area contributed by atoms with E-state index in [4.69, 9.17) is 9.47 Å².